The summed E-state index contributed by atoms with van der Waals surface area (Å²) in [5.41, 5.74) is 0. The third kappa shape index (κ3) is 10.0. The van der Waals surface area contributed by atoms with Gasteiger partial charge in [0, 0.05) is 0 Å². The zero-order chi connectivity index (χ0) is 10.5. The maximum atomic E-state index is 9.77. The zero-order valence-corrected chi connectivity index (χ0v) is 7.01. The molecule has 0 atom stereocenters. The average Bonchev–Trinajstić information content (AvgIpc) is 2.74. The summed E-state index contributed by atoms with van der Waals surface area (Å²) in [6.07, 6.45) is 3.96. The van der Waals surface area contributed by atoms with E-state index in [1.165, 1.54) is 12.3 Å². The highest BCUT2D eigenvalue weighted by Gasteiger charge is 1.84. The second-order valence-electron chi connectivity index (χ2n) is 1.51. The van der Waals surface area contributed by atoms with Crippen LogP contribution in [0.1, 0.15) is 10.6 Å². The van der Waals surface area contributed by atoms with Crippen LogP contribution < -0.4 is 0 Å². The third-order valence-electron chi connectivity index (χ3n) is 0.756. The van der Waals surface area contributed by atoms with E-state index in [-0.39, 0.29) is 0 Å². The standard InChI is InChI=1S/C5H4O2.C3H4O.CH2O/c6-4-5-2-1-3-7-5;1-2-3-4;1-2/h1-4H;2-3H,1H2;1H2. The minimum atomic E-state index is 0.375. The van der Waals surface area contributed by atoms with Gasteiger partial charge in [-0.2, -0.15) is 0 Å². The molecule has 1 heterocycles. The monoisotopic (exact) mass is 182 g/mol. The maximum absolute atomic E-state index is 9.77. The summed E-state index contributed by atoms with van der Waals surface area (Å²) >= 11 is 0. The van der Waals surface area contributed by atoms with Crippen LogP contribution in [0.25, 0.3) is 0 Å². The van der Waals surface area contributed by atoms with E-state index in [2.05, 4.69) is 11.0 Å². The van der Waals surface area contributed by atoms with E-state index >= 15 is 0 Å². The number of hydrogen-bond donors (Lipinski definition) is 0. The quantitative estimate of drug-likeness (QED) is 0.510. The van der Waals surface area contributed by atoms with Gasteiger partial charge in [-0.1, -0.05) is 6.58 Å². The maximum Gasteiger partial charge on any atom is 0.185 e. The molecular weight excluding hydrogens is 172 g/mol. The lowest BCUT2D eigenvalue weighted by atomic mass is 10.5. The third-order valence-corrected chi connectivity index (χ3v) is 0.756. The summed E-state index contributed by atoms with van der Waals surface area (Å²) < 4.78 is 4.61. The summed E-state index contributed by atoms with van der Waals surface area (Å²) in [4.78, 5) is 26.8. The van der Waals surface area contributed by atoms with Gasteiger partial charge in [-0.05, 0) is 18.2 Å². The van der Waals surface area contributed by atoms with Gasteiger partial charge in [-0.15, -0.1) is 0 Å². The molecule has 1 aromatic rings. The molecule has 13 heavy (non-hydrogen) atoms. The van der Waals surface area contributed by atoms with Crippen molar-refractivity contribution >= 4 is 19.4 Å². The fraction of sp³-hybridized carbons (Fsp3) is 0. The van der Waals surface area contributed by atoms with E-state index in [0.29, 0.717) is 18.3 Å². The van der Waals surface area contributed by atoms with Crippen LogP contribution in [0.2, 0.25) is 0 Å². The molecule has 0 bridgehead atoms. The summed E-state index contributed by atoms with van der Waals surface area (Å²) in [5.74, 6) is 0.375. The summed E-state index contributed by atoms with van der Waals surface area (Å²) in [7, 11) is 0. The lowest BCUT2D eigenvalue weighted by Gasteiger charge is -1.68. The predicted molar refractivity (Wildman–Crippen MR) is 47.5 cm³/mol. The van der Waals surface area contributed by atoms with Crippen molar-refractivity contribution in [3.8, 4) is 0 Å². The Labute approximate surface area is 75.9 Å². The Morgan fingerprint density at radius 1 is 1.31 bits per heavy atom. The minimum absolute atomic E-state index is 0.375. The van der Waals surface area contributed by atoms with Gasteiger partial charge in [-0.25, -0.2) is 0 Å². The van der Waals surface area contributed by atoms with Gasteiger partial charge in [0.05, 0.1) is 6.26 Å². The lowest BCUT2D eigenvalue weighted by Crippen LogP contribution is -1.65. The number of hydrogen-bond acceptors (Lipinski definition) is 4. The van der Waals surface area contributed by atoms with Crippen molar-refractivity contribution < 1.29 is 18.8 Å². The second kappa shape index (κ2) is 12.7. The average molecular weight is 182 g/mol. The molecular formula is C9H10O4. The molecule has 0 radical (unpaired) electrons. The minimum Gasteiger partial charge on any atom is -0.462 e. The molecule has 4 heteroatoms. The van der Waals surface area contributed by atoms with Crippen LogP contribution >= 0.6 is 0 Å². The fourth-order valence-electron chi connectivity index (χ4n) is 0.358. The summed E-state index contributed by atoms with van der Waals surface area (Å²) in [6.45, 7) is 5.11. The van der Waals surface area contributed by atoms with Crippen LogP contribution in [0.15, 0.2) is 35.5 Å². The van der Waals surface area contributed by atoms with Crippen LogP contribution in [-0.2, 0) is 9.59 Å². The number of furan rings is 1. The Kier molecular flexibility index (Phi) is 13.3. The van der Waals surface area contributed by atoms with Gasteiger partial charge in [0.2, 0.25) is 0 Å². The smallest absolute Gasteiger partial charge is 0.185 e. The molecule has 0 aliphatic carbocycles. The van der Waals surface area contributed by atoms with Crippen LogP contribution in [-0.4, -0.2) is 19.4 Å². The number of rotatable bonds is 2. The second-order valence-corrected chi connectivity index (χ2v) is 1.51. The van der Waals surface area contributed by atoms with Crippen molar-refractivity contribution in [1.82, 2.24) is 0 Å². The molecule has 0 aliphatic rings. The Hall–Kier alpha value is -1.97. The molecule has 0 aliphatic heterocycles. The van der Waals surface area contributed by atoms with Crippen LogP contribution in [0.3, 0.4) is 0 Å². The van der Waals surface area contributed by atoms with Crippen LogP contribution in [0.4, 0.5) is 0 Å². The molecule has 0 saturated carbocycles. The first-order chi connectivity index (χ1) is 6.35. The first kappa shape index (κ1) is 13.6. The van der Waals surface area contributed by atoms with Crippen molar-refractivity contribution in [2.24, 2.45) is 0 Å². The molecule has 0 fully saturated rings. The number of allylic oxidation sites excluding steroid dienone is 1. The van der Waals surface area contributed by atoms with Crippen molar-refractivity contribution in [3.05, 3.63) is 36.8 Å². The van der Waals surface area contributed by atoms with Gasteiger partial charge >= 0.3 is 0 Å². The Morgan fingerprint density at radius 2 is 1.85 bits per heavy atom. The number of carbonyl (C=O) groups is 3. The van der Waals surface area contributed by atoms with Crippen molar-refractivity contribution in [2.45, 2.75) is 0 Å². The molecule has 4 nitrogen and oxygen atoms in total. The number of carbonyl (C=O) groups excluding carboxylic acids is 3. The molecule has 70 valence electrons. The highest BCUT2D eigenvalue weighted by Crippen LogP contribution is 1.92. The zero-order valence-electron chi connectivity index (χ0n) is 7.01. The van der Waals surface area contributed by atoms with E-state index in [9.17, 15) is 4.79 Å². The first-order valence-electron chi connectivity index (χ1n) is 3.19. The molecule has 1 aromatic heterocycles. The molecule has 0 amide bonds. The van der Waals surface area contributed by atoms with Crippen molar-refractivity contribution in [2.75, 3.05) is 0 Å². The largest absolute Gasteiger partial charge is 0.462 e. The molecule has 1 rings (SSSR count). The Bertz CT molecular complexity index is 220. The van der Waals surface area contributed by atoms with E-state index in [1.807, 2.05) is 6.79 Å². The highest BCUT2D eigenvalue weighted by molar-refractivity contribution is 5.69. The number of aldehydes is 2. The molecule has 0 spiro atoms. The predicted octanol–water partition coefficient (Wildman–Crippen LogP) is 1.28. The van der Waals surface area contributed by atoms with Crippen LogP contribution in [0, 0.1) is 0 Å². The Morgan fingerprint density at radius 3 is 2.00 bits per heavy atom. The van der Waals surface area contributed by atoms with E-state index in [4.69, 9.17) is 9.59 Å². The van der Waals surface area contributed by atoms with E-state index in [1.54, 1.807) is 12.1 Å². The molecule has 0 N–H and O–H groups in total. The Balaban J connectivity index is 0. The van der Waals surface area contributed by atoms with Gasteiger partial charge in [0.15, 0.2) is 12.0 Å². The summed E-state index contributed by atoms with van der Waals surface area (Å²) in [5, 5.41) is 0. The van der Waals surface area contributed by atoms with Crippen molar-refractivity contribution in [1.29, 1.82) is 0 Å². The fourth-order valence-corrected chi connectivity index (χ4v) is 0.358. The van der Waals surface area contributed by atoms with Crippen molar-refractivity contribution in [3.63, 3.8) is 0 Å². The molecule has 0 unspecified atom stereocenters. The summed E-state index contributed by atoms with van der Waals surface area (Å²) in [6, 6.07) is 3.27. The molecule has 0 saturated heterocycles. The van der Waals surface area contributed by atoms with E-state index < -0.39 is 0 Å². The lowest BCUT2D eigenvalue weighted by molar-refractivity contribution is -0.104. The van der Waals surface area contributed by atoms with Crippen LogP contribution in [0.5, 0.6) is 0 Å². The first-order valence-corrected chi connectivity index (χ1v) is 3.19. The topological polar surface area (TPSA) is 64.3 Å². The van der Waals surface area contributed by atoms with Gasteiger partial charge in [0.25, 0.3) is 0 Å². The van der Waals surface area contributed by atoms with Gasteiger partial charge in [0.1, 0.15) is 13.1 Å². The van der Waals surface area contributed by atoms with Gasteiger partial charge in [-0.3, -0.25) is 9.59 Å². The SMILES string of the molecule is C=CC=O.C=O.O=Cc1ccco1. The normalized spacial score (nSPS) is 6.46. The highest BCUT2D eigenvalue weighted by atomic mass is 16.3. The van der Waals surface area contributed by atoms with Gasteiger partial charge < -0.3 is 9.21 Å². The molecule has 0 aromatic carbocycles. The van der Waals surface area contributed by atoms with E-state index in [0.717, 1.165) is 0 Å².